The van der Waals surface area contributed by atoms with Gasteiger partial charge in [0.2, 0.25) is 0 Å². The molecule has 1 aliphatic rings. The molecule has 13 heavy (non-hydrogen) atoms. The van der Waals surface area contributed by atoms with Gasteiger partial charge < -0.3 is 9.88 Å². The molecule has 2 aromatic heterocycles. The lowest BCUT2D eigenvalue weighted by Crippen LogP contribution is -1.96. The van der Waals surface area contributed by atoms with Gasteiger partial charge in [-0.15, -0.1) is 0 Å². The molecule has 3 heteroatoms. The van der Waals surface area contributed by atoms with Crippen molar-refractivity contribution in [3.8, 4) is 0 Å². The van der Waals surface area contributed by atoms with Crippen LogP contribution in [0, 0.1) is 0 Å². The van der Waals surface area contributed by atoms with E-state index in [1.807, 2.05) is 12.4 Å². The summed E-state index contributed by atoms with van der Waals surface area (Å²) in [4.78, 5) is 4.15. The van der Waals surface area contributed by atoms with Crippen LogP contribution in [0.4, 0.5) is 5.69 Å². The fraction of sp³-hybridized carbons (Fsp3) is 0.300. The standard InChI is InChI=1S/C10H11N3/c1-13-8-2-4-11-6-7(8)10-9(13)3-5-12-10/h2,4,6,12H,3,5H2,1H3. The first-order valence-electron chi connectivity index (χ1n) is 4.53. The van der Waals surface area contributed by atoms with Gasteiger partial charge in [-0.1, -0.05) is 0 Å². The van der Waals surface area contributed by atoms with E-state index in [9.17, 15) is 0 Å². The second kappa shape index (κ2) is 2.25. The van der Waals surface area contributed by atoms with Crippen molar-refractivity contribution in [2.75, 3.05) is 11.9 Å². The smallest absolute Gasteiger partial charge is 0.0649 e. The fourth-order valence-corrected chi connectivity index (χ4v) is 2.14. The molecule has 3 nitrogen and oxygen atoms in total. The number of pyridine rings is 1. The number of fused-ring (bicyclic) bond motifs is 3. The first kappa shape index (κ1) is 6.95. The van der Waals surface area contributed by atoms with Gasteiger partial charge in [0.15, 0.2) is 0 Å². The van der Waals surface area contributed by atoms with Crippen molar-refractivity contribution in [1.82, 2.24) is 9.55 Å². The van der Waals surface area contributed by atoms with Gasteiger partial charge in [0, 0.05) is 43.5 Å². The third-order valence-electron chi connectivity index (χ3n) is 2.79. The molecule has 0 unspecified atom stereocenters. The van der Waals surface area contributed by atoms with Crippen molar-refractivity contribution in [2.45, 2.75) is 6.42 Å². The zero-order chi connectivity index (χ0) is 8.84. The van der Waals surface area contributed by atoms with Crippen molar-refractivity contribution in [2.24, 2.45) is 7.05 Å². The van der Waals surface area contributed by atoms with Crippen LogP contribution in [0.3, 0.4) is 0 Å². The van der Waals surface area contributed by atoms with Gasteiger partial charge in [-0.3, -0.25) is 4.98 Å². The van der Waals surface area contributed by atoms with Crippen LogP contribution in [-0.2, 0) is 13.5 Å². The average molecular weight is 173 g/mol. The molecule has 0 fully saturated rings. The highest BCUT2D eigenvalue weighted by Crippen LogP contribution is 2.32. The SMILES string of the molecule is Cn1c2c(c3cnccc31)NCC2. The van der Waals surface area contributed by atoms with Crippen molar-refractivity contribution < 1.29 is 0 Å². The lowest BCUT2D eigenvalue weighted by atomic mass is 10.3. The first-order chi connectivity index (χ1) is 6.38. The highest BCUT2D eigenvalue weighted by atomic mass is 15.0. The average Bonchev–Trinajstić information content (AvgIpc) is 2.72. The van der Waals surface area contributed by atoms with Crippen molar-refractivity contribution in [3.63, 3.8) is 0 Å². The lowest BCUT2D eigenvalue weighted by molar-refractivity contribution is 0.874. The summed E-state index contributed by atoms with van der Waals surface area (Å²) < 4.78 is 2.26. The van der Waals surface area contributed by atoms with Crippen molar-refractivity contribution >= 4 is 16.6 Å². The molecule has 2 aromatic rings. The van der Waals surface area contributed by atoms with Gasteiger partial charge in [0.05, 0.1) is 11.2 Å². The van der Waals surface area contributed by atoms with Crippen LogP contribution in [0.25, 0.3) is 10.9 Å². The third kappa shape index (κ3) is 0.763. The summed E-state index contributed by atoms with van der Waals surface area (Å²) in [6.07, 6.45) is 4.91. The van der Waals surface area contributed by atoms with E-state index in [0.29, 0.717) is 0 Å². The molecule has 0 atom stereocenters. The number of aryl methyl sites for hydroxylation is 1. The lowest BCUT2D eigenvalue weighted by Gasteiger charge is -1.98. The summed E-state index contributed by atoms with van der Waals surface area (Å²) in [7, 11) is 2.12. The van der Waals surface area contributed by atoms with E-state index >= 15 is 0 Å². The molecule has 1 aliphatic heterocycles. The molecule has 0 aromatic carbocycles. The summed E-state index contributed by atoms with van der Waals surface area (Å²) in [6, 6.07) is 2.06. The molecule has 0 saturated heterocycles. The van der Waals surface area contributed by atoms with E-state index in [0.717, 1.165) is 13.0 Å². The molecular weight excluding hydrogens is 162 g/mol. The second-order valence-electron chi connectivity index (χ2n) is 3.45. The number of aromatic nitrogens is 2. The largest absolute Gasteiger partial charge is 0.383 e. The predicted octanol–water partition coefficient (Wildman–Crippen LogP) is 1.54. The summed E-state index contributed by atoms with van der Waals surface area (Å²) in [6.45, 7) is 1.06. The van der Waals surface area contributed by atoms with Gasteiger partial charge in [0.25, 0.3) is 0 Å². The van der Waals surface area contributed by atoms with Crippen molar-refractivity contribution in [1.29, 1.82) is 0 Å². The van der Waals surface area contributed by atoms with Gasteiger partial charge in [-0.2, -0.15) is 0 Å². The van der Waals surface area contributed by atoms with Crippen LogP contribution < -0.4 is 5.32 Å². The minimum Gasteiger partial charge on any atom is -0.383 e. The normalized spacial score (nSPS) is 14.5. The fourth-order valence-electron chi connectivity index (χ4n) is 2.14. The monoisotopic (exact) mass is 173 g/mol. The molecule has 1 N–H and O–H groups in total. The summed E-state index contributed by atoms with van der Waals surface area (Å²) in [5.74, 6) is 0. The maximum atomic E-state index is 4.15. The molecule has 0 amide bonds. The molecule has 0 aliphatic carbocycles. The van der Waals surface area contributed by atoms with E-state index < -0.39 is 0 Å². The third-order valence-corrected chi connectivity index (χ3v) is 2.79. The number of anilines is 1. The maximum Gasteiger partial charge on any atom is 0.0649 e. The van der Waals surface area contributed by atoms with Crippen molar-refractivity contribution in [3.05, 3.63) is 24.2 Å². The van der Waals surface area contributed by atoms with E-state index in [1.54, 1.807) is 0 Å². The Hall–Kier alpha value is -1.51. The van der Waals surface area contributed by atoms with Gasteiger partial charge in [-0.05, 0) is 6.07 Å². The van der Waals surface area contributed by atoms with Crippen LogP contribution in [0.15, 0.2) is 18.5 Å². The Morgan fingerprint density at radius 3 is 3.38 bits per heavy atom. The summed E-state index contributed by atoms with van der Waals surface area (Å²) in [5, 5.41) is 4.65. The molecular formula is C10H11N3. The Kier molecular flexibility index (Phi) is 1.20. The summed E-state index contributed by atoms with van der Waals surface area (Å²) in [5.41, 5.74) is 3.96. The highest BCUT2D eigenvalue weighted by Gasteiger charge is 2.18. The Labute approximate surface area is 76.4 Å². The minimum atomic E-state index is 1.06. The Morgan fingerprint density at radius 2 is 2.46 bits per heavy atom. The second-order valence-corrected chi connectivity index (χ2v) is 3.45. The number of hydrogen-bond donors (Lipinski definition) is 1. The molecule has 0 bridgehead atoms. The zero-order valence-electron chi connectivity index (χ0n) is 7.54. The van der Waals surface area contributed by atoms with Crippen LogP contribution in [0.1, 0.15) is 5.69 Å². The van der Waals surface area contributed by atoms with Crippen LogP contribution in [-0.4, -0.2) is 16.1 Å². The Bertz CT molecular complexity index is 470. The molecule has 3 rings (SSSR count). The van der Waals surface area contributed by atoms with Crippen LogP contribution in [0.5, 0.6) is 0 Å². The quantitative estimate of drug-likeness (QED) is 0.655. The molecule has 0 saturated carbocycles. The van der Waals surface area contributed by atoms with Gasteiger partial charge in [-0.25, -0.2) is 0 Å². The van der Waals surface area contributed by atoms with E-state index in [2.05, 4.69) is 28.0 Å². The zero-order valence-corrected chi connectivity index (χ0v) is 7.54. The van der Waals surface area contributed by atoms with Crippen LogP contribution >= 0.6 is 0 Å². The molecule has 0 spiro atoms. The summed E-state index contributed by atoms with van der Waals surface area (Å²) >= 11 is 0. The van der Waals surface area contributed by atoms with E-state index in [1.165, 1.54) is 22.3 Å². The van der Waals surface area contributed by atoms with Crippen LogP contribution in [0.2, 0.25) is 0 Å². The van der Waals surface area contributed by atoms with E-state index in [-0.39, 0.29) is 0 Å². The maximum absolute atomic E-state index is 4.15. The number of rotatable bonds is 0. The van der Waals surface area contributed by atoms with Gasteiger partial charge >= 0.3 is 0 Å². The molecule has 3 heterocycles. The molecule has 66 valence electrons. The Balaban J connectivity index is 2.49. The highest BCUT2D eigenvalue weighted by molar-refractivity contribution is 5.95. The predicted molar refractivity (Wildman–Crippen MR) is 52.9 cm³/mol. The molecule has 0 radical (unpaired) electrons. The minimum absolute atomic E-state index is 1.06. The first-order valence-corrected chi connectivity index (χ1v) is 4.53. The number of hydrogen-bond acceptors (Lipinski definition) is 2. The number of nitrogens with zero attached hydrogens (tertiary/aromatic N) is 2. The van der Waals surface area contributed by atoms with E-state index in [4.69, 9.17) is 0 Å². The topological polar surface area (TPSA) is 29.9 Å². The Morgan fingerprint density at radius 1 is 1.54 bits per heavy atom. The number of nitrogens with one attached hydrogen (secondary N) is 1. The van der Waals surface area contributed by atoms with Gasteiger partial charge in [0.1, 0.15) is 0 Å².